The molecule has 0 heterocycles. The first kappa shape index (κ1) is 23.2. The summed E-state index contributed by atoms with van der Waals surface area (Å²) in [7, 11) is 1.63. The van der Waals surface area contributed by atoms with Crippen LogP contribution < -0.4 is 0 Å². The van der Waals surface area contributed by atoms with Gasteiger partial charge in [-0.25, -0.2) is 4.79 Å². The third-order valence-corrected chi connectivity index (χ3v) is 5.27. The first-order valence-corrected chi connectivity index (χ1v) is 10.7. The van der Waals surface area contributed by atoms with Gasteiger partial charge in [0, 0.05) is 13.5 Å². The van der Waals surface area contributed by atoms with Gasteiger partial charge in [0.1, 0.15) is 18.8 Å². The van der Waals surface area contributed by atoms with Crippen molar-refractivity contribution < 1.29 is 19.1 Å². The summed E-state index contributed by atoms with van der Waals surface area (Å²) >= 11 is 0. The summed E-state index contributed by atoms with van der Waals surface area (Å²) in [6.45, 7) is 2.19. The smallest absolute Gasteiger partial charge is 0.329 e. The molecule has 0 unspecified atom stereocenters. The lowest BCUT2D eigenvalue weighted by Crippen LogP contribution is -2.48. The van der Waals surface area contributed by atoms with E-state index < -0.39 is 18.1 Å². The van der Waals surface area contributed by atoms with Gasteiger partial charge in [0.25, 0.3) is 5.91 Å². The standard InChI is InChI=1S/C27H29NO4/c1-21(31-19-23-14-8-4-9-15-23)26(29)28(2)25(18-22-12-6-3-7-13-22)27(30)32-20-24-16-10-5-11-17-24/h3-17,21,25H,18-20H2,1-2H3/t21-,25-/m0/s1. The van der Waals surface area contributed by atoms with Crippen LogP contribution in [0.5, 0.6) is 0 Å². The van der Waals surface area contributed by atoms with Gasteiger partial charge in [-0.05, 0) is 23.6 Å². The third-order valence-electron chi connectivity index (χ3n) is 5.27. The van der Waals surface area contributed by atoms with E-state index in [0.717, 1.165) is 16.7 Å². The van der Waals surface area contributed by atoms with E-state index in [2.05, 4.69) is 0 Å². The fraction of sp³-hybridized carbons (Fsp3) is 0.259. The van der Waals surface area contributed by atoms with Crippen molar-refractivity contribution in [3.8, 4) is 0 Å². The Hall–Kier alpha value is -3.44. The highest BCUT2D eigenvalue weighted by atomic mass is 16.5. The molecule has 2 atom stereocenters. The first-order valence-electron chi connectivity index (χ1n) is 10.7. The quantitative estimate of drug-likeness (QED) is 0.447. The number of ether oxygens (including phenoxy) is 2. The van der Waals surface area contributed by atoms with Crippen LogP contribution in [0.2, 0.25) is 0 Å². The summed E-state index contributed by atoms with van der Waals surface area (Å²) in [5.74, 6) is -0.706. The summed E-state index contributed by atoms with van der Waals surface area (Å²) in [6.07, 6.45) is -0.331. The van der Waals surface area contributed by atoms with Crippen molar-refractivity contribution >= 4 is 11.9 Å². The van der Waals surface area contributed by atoms with E-state index in [9.17, 15) is 9.59 Å². The summed E-state index contributed by atoms with van der Waals surface area (Å²) in [6, 6.07) is 28.0. The molecular weight excluding hydrogens is 402 g/mol. The number of likely N-dealkylation sites (N-methyl/N-ethyl adjacent to an activating group) is 1. The predicted molar refractivity (Wildman–Crippen MR) is 124 cm³/mol. The van der Waals surface area contributed by atoms with Crippen molar-refractivity contribution in [2.75, 3.05) is 7.05 Å². The first-order chi connectivity index (χ1) is 15.5. The average Bonchev–Trinajstić information content (AvgIpc) is 2.85. The second-order valence-electron chi connectivity index (χ2n) is 7.69. The molecule has 0 aromatic heterocycles. The summed E-state index contributed by atoms with van der Waals surface area (Å²) in [4.78, 5) is 27.5. The summed E-state index contributed by atoms with van der Waals surface area (Å²) in [5.41, 5.74) is 2.83. The zero-order chi connectivity index (χ0) is 22.8. The maximum atomic E-state index is 13.1. The van der Waals surface area contributed by atoms with Gasteiger partial charge < -0.3 is 14.4 Å². The minimum Gasteiger partial charge on any atom is -0.459 e. The number of nitrogens with zero attached hydrogens (tertiary/aromatic N) is 1. The molecule has 32 heavy (non-hydrogen) atoms. The molecule has 166 valence electrons. The highest BCUT2D eigenvalue weighted by molar-refractivity contribution is 5.86. The number of hydrogen-bond donors (Lipinski definition) is 0. The van der Waals surface area contributed by atoms with Crippen molar-refractivity contribution in [1.29, 1.82) is 0 Å². The van der Waals surface area contributed by atoms with Gasteiger partial charge in [0.2, 0.25) is 0 Å². The molecule has 3 rings (SSSR count). The van der Waals surface area contributed by atoms with Gasteiger partial charge in [0.15, 0.2) is 0 Å². The Balaban J connectivity index is 1.67. The Morgan fingerprint density at radius 2 is 1.22 bits per heavy atom. The molecule has 5 heteroatoms. The van der Waals surface area contributed by atoms with Gasteiger partial charge >= 0.3 is 5.97 Å². The van der Waals surface area contributed by atoms with Crippen LogP contribution in [0.3, 0.4) is 0 Å². The number of hydrogen-bond acceptors (Lipinski definition) is 4. The molecule has 0 saturated heterocycles. The average molecular weight is 432 g/mol. The zero-order valence-corrected chi connectivity index (χ0v) is 18.5. The van der Waals surface area contributed by atoms with Gasteiger partial charge in [-0.2, -0.15) is 0 Å². The molecule has 0 fully saturated rings. The Morgan fingerprint density at radius 1 is 0.750 bits per heavy atom. The number of benzene rings is 3. The largest absolute Gasteiger partial charge is 0.459 e. The molecule has 0 saturated carbocycles. The monoisotopic (exact) mass is 431 g/mol. The van der Waals surface area contributed by atoms with E-state index in [1.807, 2.05) is 91.0 Å². The highest BCUT2D eigenvalue weighted by Gasteiger charge is 2.31. The van der Waals surface area contributed by atoms with E-state index >= 15 is 0 Å². The van der Waals surface area contributed by atoms with Crippen LogP contribution in [-0.4, -0.2) is 36.0 Å². The number of carbonyl (C=O) groups is 2. The molecule has 0 aliphatic rings. The summed E-state index contributed by atoms with van der Waals surface area (Å²) in [5, 5.41) is 0. The fourth-order valence-electron chi connectivity index (χ4n) is 3.35. The Bertz CT molecular complexity index is 976. The number of amides is 1. The van der Waals surface area contributed by atoms with Crippen LogP contribution in [0.1, 0.15) is 23.6 Å². The molecule has 0 bridgehead atoms. The van der Waals surface area contributed by atoms with Gasteiger partial charge in [-0.1, -0.05) is 91.0 Å². The molecule has 0 spiro atoms. The van der Waals surface area contributed by atoms with Crippen LogP contribution in [0.15, 0.2) is 91.0 Å². The molecule has 3 aromatic rings. The number of rotatable bonds is 10. The molecule has 3 aromatic carbocycles. The Labute approximate surface area is 189 Å². The van der Waals surface area contributed by atoms with E-state index in [0.29, 0.717) is 13.0 Å². The molecule has 0 aliphatic heterocycles. The zero-order valence-electron chi connectivity index (χ0n) is 18.5. The van der Waals surface area contributed by atoms with Gasteiger partial charge in [0.05, 0.1) is 6.61 Å². The maximum Gasteiger partial charge on any atom is 0.329 e. The van der Waals surface area contributed by atoms with Crippen molar-refractivity contribution in [1.82, 2.24) is 4.90 Å². The van der Waals surface area contributed by atoms with Crippen LogP contribution in [0.25, 0.3) is 0 Å². The third kappa shape index (κ3) is 6.79. The minimum atomic E-state index is -0.753. The highest BCUT2D eigenvalue weighted by Crippen LogP contribution is 2.14. The molecule has 5 nitrogen and oxygen atoms in total. The Kier molecular flexibility index (Phi) is 8.58. The van der Waals surface area contributed by atoms with E-state index in [-0.39, 0.29) is 12.5 Å². The van der Waals surface area contributed by atoms with E-state index in [1.54, 1.807) is 14.0 Å². The topological polar surface area (TPSA) is 55.8 Å². The van der Waals surface area contributed by atoms with Crippen LogP contribution >= 0.6 is 0 Å². The van der Waals surface area contributed by atoms with Gasteiger partial charge in [-0.15, -0.1) is 0 Å². The van der Waals surface area contributed by atoms with Crippen molar-refractivity contribution in [3.05, 3.63) is 108 Å². The predicted octanol–water partition coefficient (Wildman–Crippen LogP) is 4.40. The fourth-order valence-corrected chi connectivity index (χ4v) is 3.35. The molecule has 0 N–H and O–H groups in total. The molecule has 1 amide bonds. The van der Waals surface area contributed by atoms with E-state index in [1.165, 1.54) is 4.90 Å². The number of esters is 1. The molecule has 0 aliphatic carbocycles. The molecule has 0 radical (unpaired) electrons. The van der Waals surface area contributed by atoms with Crippen LogP contribution in [-0.2, 0) is 38.7 Å². The van der Waals surface area contributed by atoms with Crippen LogP contribution in [0.4, 0.5) is 0 Å². The lowest BCUT2D eigenvalue weighted by Gasteiger charge is -2.29. The van der Waals surface area contributed by atoms with Crippen LogP contribution in [0, 0.1) is 0 Å². The SMILES string of the molecule is C[C@H](OCc1ccccc1)C(=O)N(C)[C@@H](Cc1ccccc1)C(=O)OCc1ccccc1. The molecular formula is C27H29NO4. The maximum absolute atomic E-state index is 13.1. The van der Waals surface area contributed by atoms with Crippen molar-refractivity contribution in [2.45, 2.75) is 38.7 Å². The normalized spacial score (nSPS) is 12.6. The minimum absolute atomic E-state index is 0.160. The lowest BCUT2D eigenvalue weighted by atomic mass is 10.0. The van der Waals surface area contributed by atoms with Crippen molar-refractivity contribution in [3.63, 3.8) is 0 Å². The van der Waals surface area contributed by atoms with Gasteiger partial charge in [-0.3, -0.25) is 4.79 Å². The summed E-state index contributed by atoms with van der Waals surface area (Å²) < 4.78 is 11.3. The second-order valence-corrected chi connectivity index (χ2v) is 7.69. The van der Waals surface area contributed by atoms with E-state index in [4.69, 9.17) is 9.47 Å². The lowest BCUT2D eigenvalue weighted by molar-refractivity contribution is -0.159. The number of carbonyl (C=O) groups excluding carboxylic acids is 2. The second kappa shape index (κ2) is 11.8. The Morgan fingerprint density at radius 3 is 1.75 bits per heavy atom. The van der Waals surface area contributed by atoms with Crippen molar-refractivity contribution in [2.24, 2.45) is 0 Å².